The van der Waals surface area contributed by atoms with Gasteiger partial charge in [-0.05, 0) is 43.4 Å². The van der Waals surface area contributed by atoms with E-state index in [0.29, 0.717) is 12.1 Å². The molecule has 1 heterocycles. The van der Waals surface area contributed by atoms with Crippen LogP contribution in [0, 0.1) is 12.3 Å². The third-order valence-corrected chi connectivity index (χ3v) is 4.80. The van der Waals surface area contributed by atoms with Crippen LogP contribution in [-0.4, -0.2) is 35.2 Å². The van der Waals surface area contributed by atoms with Gasteiger partial charge in [0, 0.05) is 30.7 Å². The van der Waals surface area contributed by atoms with Gasteiger partial charge in [-0.1, -0.05) is 18.1 Å². The van der Waals surface area contributed by atoms with Crippen molar-refractivity contribution >= 4 is 0 Å². The van der Waals surface area contributed by atoms with E-state index in [-0.39, 0.29) is 0 Å². The van der Waals surface area contributed by atoms with Crippen LogP contribution in [0.2, 0.25) is 0 Å². The molecule has 106 valence electrons. The Labute approximate surface area is 120 Å². The van der Waals surface area contributed by atoms with Crippen LogP contribution in [-0.2, 0) is 5.60 Å². The van der Waals surface area contributed by atoms with Crippen LogP contribution in [0.25, 0.3) is 0 Å². The predicted molar refractivity (Wildman–Crippen MR) is 80.1 cm³/mol. The summed E-state index contributed by atoms with van der Waals surface area (Å²) in [6.45, 7) is 2.02. The fraction of sp³-hybridized carbons (Fsp3) is 0.529. The van der Waals surface area contributed by atoms with Gasteiger partial charge in [-0.2, -0.15) is 0 Å². The van der Waals surface area contributed by atoms with Crippen LogP contribution < -0.4 is 5.73 Å². The normalized spacial score (nSPS) is 31.6. The van der Waals surface area contributed by atoms with Crippen LogP contribution in [0.5, 0.6) is 0 Å². The fourth-order valence-electron chi connectivity index (χ4n) is 3.48. The van der Waals surface area contributed by atoms with Crippen molar-refractivity contribution in [1.82, 2.24) is 4.90 Å². The molecule has 2 fully saturated rings. The molecule has 0 radical (unpaired) electrons. The summed E-state index contributed by atoms with van der Waals surface area (Å²) < 4.78 is 0. The summed E-state index contributed by atoms with van der Waals surface area (Å²) in [7, 11) is 0. The van der Waals surface area contributed by atoms with Crippen molar-refractivity contribution in [3.8, 4) is 12.3 Å². The lowest BCUT2D eigenvalue weighted by molar-refractivity contribution is -0.0376. The van der Waals surface area contributed by atoms with Crippen LogP contribution >= 0.6 is 0 Å². The molecule has 0 aromatic heterocycles. The Morgan fingerprint density at radius 3 is 2.60 bits per heavy atom. The molecular formula is C17H22N2O. The highest BCUT2D eigenvalue weighted by atomic mass is 16.3. The van der Waals surface area contributed by atoms with E-state index < -0.39 is 5.60 Å². The molecule has 1 aromatic carbocycles. The highest BCUT2D eigenvalue weighted by molar-refractivity contribution is 5.37. The lowest BCUT2D eigenvalue weighted by atomic mass is 9.76. The maximum absolute atomic E-state index is 10.9. The SMILES string of the molecule is C#Cc1cccc(C2(O)CCC(N3CC(N)C3)CC2)c1. The summed E-state index contributed by atoms with van der Waals surface area (Å²) in [5, 5.41) is 10.9. The van der Waals surface area contributed by atoms with Crippen molar-refractivity contribution in [2.24, 2.45) is 5.73 Å². The molecule has 0 amide bonds. The Bertz CT molecular complexity index is 520. The van der Waals surface area contributed by atoms with Crippen molar-refractivity contribution in [2.75, 3.05) is 13.1 Å². The van der Waals surface area contributed by atoms with Gasteiger partial charge in [0.05, 0.1) is 5.60 Å². The molecule has 0 spiro atoms. The Kier molecular flexibility index (Phi) is 3.55. The minimum absolute atomic E-state index is 0.350. The smallest absolute Gasteiger partial charge is 0.0898 e. The van der Waals surface area contributed by atoms with E-state index >= 15 is 0 Å². The Morgan fingerprint density at radius 1 is 1.30 bits per heavy atom. The second kappa shape index (κ2) is 5.21. The summed E-state index contributed by atoms with van der Waals surface area (Å²) in [4.78, 5) is 2.45. The third kappa shape index (κ3) is 2.47. The number of hydrogen-bond acceptors (Lipinski definition) is 3. The quantitative estimate of drug-likeness (QED) is 0.800. The van der Waals surface area contributed by atoms with Gasteiger partial charge < -0.3 is 10.8 Å². The van der Waals surface area contributed by atoms with Crippen molar-refractivity contribution in [1.29, 1.82) is 0 Å². The van der Waals surface area contributed by atoms with Gasteiger partial charge >= 0.3 is 0 Å². The molecule has 0 unspecified atom stereocenters. The van der Waals surface area contributed by atoms with Gasteiger partial charge in [0.15, 0.2) is 0 Å². The predicted octanol–water partition coefficient (Wildman–Crippen LogP) is 1.44. The maximum atomic E-state index is 10.9. The first kappa shape index (κ1) is 13.6. The zero-order valence-electron chi connectivity index (χ0n) is 11.8. The molecule has 1 saturated heterocycles. The monoisotopic (exact) mass is 270 g/mol. The largest absolute Gasteiger partial charge is 0.385 e. The molecule has 1 saturated carbocycles. The number of terminal acetylenes is 1. The minimum atomic E-state index is -0.712. The van der Waals surface area contributed by atoms with Gasteiger partial charge in [-0.15, -0.1) is 6.42 Å². The summed E-state index contributed by atoms with van der Waals surface area (Å²) in [5.74, 6) is 2.64. The zero-order chi connectivity index (χ0) is 14.2. The Morgan fingerprint density at radius 2 is 2.00 bits per heavy atom. The summed E-state index contributed by atoms with van der Waals surface area (Å²) >= 11 is 0. The van der Waals surface area contributed by atoms with Gasteiger partial charge in [-0.3, -0.25) is 4.90 Å². The molecule has 20 heavy (non-hydrogen) atoms. The number of hydrogen-bond donors (Lipinski definition) is 2. The van der Waals surface area contributed by atoms with Crippen LogP contribution in [0.4, 0.5) is 0 Å². The number of nitrogens with zero attached hydrogens (tertiary/aromatic N) is 1. The minimum Gasteiger partial charge on any atom is -0.385 e. The Balaban J connectivity index is 1.67. The van der Waals surface area contributed by atoms with Crippen molar-refractivity contribution in [2.45, 2.75) is 43.4 Å². The molecule has 0 bridgehead atoms. The topological polar surface area (TPSA) is 49.5 Å². The molecule has 3 N–H and O–H groups in total. The summed E-state index contributed by atoms with van der Waals surface area (Å²) in [6.07, 6.45) is 9.11. The number of benzene rings is 1. The van der Waals surface area contributed by atoms with Crippen LogP contribution in [0.1, 0.15) is 36.8 Å². The van der Waals surface area contributed by atoms with Gasteiger partial charge in [0.1, 0.15) is 0 Å². The summed E-state index contributed by atoms with van der Waals surface area (Å²) in [5.41, 5.74) is 6.93. The Hall–Kier alpha value is -1.34. The maximum Gasteiger partial charge on any atom is 0.0898 e. The summed E-state index contributed by atoms with van der Waals surface area (Å²) in [6, 6.07) is 8.71. The third-order valence-electron chi connectivity index (χ3n) is 4.80. The van der Waals surface area contributed by atoms with E-state index in [1.54, 1.807) is 0 Å². The molecule has 3 heteroatoms. The van der Waals surface area contributed by atoms with E-state index in [1.807, 2.05) is 24.3 Å². The molecule has 3 rings (SSSR count). The fourth-order valence-corrected chi connectivity index (χ4v) is 3.48. The van der Waals surface area contributed by atoms with Gasteiger partial charge in [0.25, 0.3) is 0 Å². The lowest BCUT2D eigenvalue weighted by Gasteiger charge is -2.47. The molecular weight excluding hydrogens is 248 g/mol. The molecule has 2 aliphatic rings. The molecule has 3 nitrogen and oxygen atoms in total. The van der Waals surface area contributed by atoms with Crippen molar-refractivity contribution in [3.63, 3.8) is 0 Å². The zero-order valence-corrected chi connectivity index (χ0v) is 11.8. The number of aliphatic hydroxyl groups is 1. The van der Waals surface area contributed by atoms with E-state index in [1.165, 1.54) is 0 Å². The first-order chi connectivity index (χ1) is 9.60. The second-order valence-corrected chi connectivity index (χ2v) is 6.20. The van der Waals surface area contributed by atoms with Crippen molar-refractivity contribution in [3.05, 3.63) is 35.4 Å². The highest BCUT2D eigenvalue weighted by Gasteiger charge is 2.39. The van der Waals surface area contributed by atoms with Gasteiger partial charge in [0.2, 0.25) is 0 Å². The van der Waals surface area contributed by atoms with Crippen molar-refractivity contribution < 1.29 is 5.11 Å². The highest BCUT2D eigenvalue weighted by Crippen LogP contribution is 2.39. The number of rotatable bonds is 2. The van der Waals surface area contributed by atoms with E-state index in [2.05, 4.69) is 10.8 Å². The van der Waals surface area contributed by atoms with Gasteiger partial charge in [-0.25, -0.2) is 0 Å². The average molecular weight is 270 g/mol. The van der Waals surface area contributed by atoms with Crippen LogP contribution in [0.15, 0.2) is 24.3 Å². The number of nitrogens with two attached hydrogens (primary N) is 1. The average Bonchev–Trinajstić information content (AvgIpc) is 2.45. The standard InChI is InChI=1S/C17H22N2O/c1-2-13-4-3-5-14(10-13)17(20)8-6-16(7-9-17)19-11-15(18)12-19/h1,3-5,10,15-16,20H,6-9,11-12,18H2. The van der Waals surface area contributed by atoms with E-state index in [4.69, 9.17) is 12.2 Å². The molecule has 0 atom stereocenters. The lowest BCUT2D eigenvalue weighted by Crippen LogP contribution is -2.60. The van der Waals surface area contributed by atoms with E-state index in [9.17, 15) is 5.11 Å². The van der Waals surface area contributed by atoms with Crippen LogP contribution in [0.3, 0.4) is 0 Å². The van der Waals surface area contributed by atoms with E-state index in [0.717, 1.165) is 49.9 Å². The first-order valence-corrected chi connectivity index (χ1v) is 7.40. The number of likely N-dealkylation sites (tertiary alicyclic amines) is 1. The molecule has 1 aliphatic carbocycles. The first-order valence-electron chi connectivity index (χ1n) is 7.40. The molecule has 1 aliphatic heterocycles. The second-order valence-electron chi connectivity index (χ2n) is 6.20. The molecule has 1 aromatic rings.